The van der Waals surface area contributed by atoms with E-state index in [1.807, 2.05) is 24.3 Å². The number of rotatable bonds is 4. The minimum atomic E-state index is 0.401. The first-order valence-electron chi connectivity index (χ1n) is 6.41. The van der Waals surface area contributed by atoms with E-state index in [-0.39, 0.29) is 0 Å². The molecule has 0 N–H and O–H groups in total. The summed E-state index contributed by atoms with van der Waals surface area (Å²) in [7, 11) is 0. The minimum absolute atomic E-state index is 0.401. The summed E-state index contributed by atoms with van der Waals surface area (Å²) in [6.45, 7) is 4.71. The van der Waals surface area contributed by atoms with Crippen molar-refractivity contribution >= 4 is 23.2 Å². The van der Waals surface area contributed by atoms with E-state index in [1.54, 1.807) is 4.68 Å². The van der Waals surface area contributed by atoms with Crippen molar-refractivity contribution < 1.29 is 0 Å². The molecular weight excluding hydrogens is 293 g/mol. The van der Waals surface area contributed by atoms with E-state index in [1.165, 1.54) is 0 Å². The summed E-state index contributed by atoms with van der Waals surface area (Å²) in [6.07, 6.45) is 0.746. The van der Waals surface area contributed by atoms with E-state index in [2.05, 4.69) is 25.0 Å². The zero-order valence-electron chi connectivity index (χ0n) is 11.4. The SMILES string of the molecule is CC(C)Cc1nn(Cc2ccc(Cl)cc2)c(Cl)c1C#N. The second kappa shape index (κ2) is 6.30. The molecule has 0 spiro atoms. The highest BCUT2D eigenvalue weighted by molar-refractivity contribution is 6.31. The van der Waals surface area contributed by atoms with Gasteiger partial charge < -0.3 is 0 Å². The van der Waals surface area contributed by atoms with Crippen LogP contribution in [0.3, 0.4) is 0 Å². The molecule has 1 aromatic heterocycles. The molecule has 0 aliphatic heterocycles. The fraction of sp³-hybridized carbons (Fsp3) is 0.333. The fourth-order valence-electron chi connectivity index (χ4n) is 2.00. The van der Waals surface area contributed by atoms with Gasteiger partial charge in [-0.2, -0.15) is 10.4 Å². The van der Waals surface area contributed by atoms with Gasteiger partial charge in [-0.25, -0.2) is 4.68 Å². The van der Waals surface area contributed by atoms with Crippen LogP contribution in [0.25, 0.3) is 0 Å². The quantitative estimate of drug-likeness (QED) is 0.844. The number of halogens is 2. The normalized spacial score (nSPS) is 10.8. The van der Waals surface area contributed by atoms with Crippen molar-refractivity contribution in [2.24, 2.45) is 5.92 Å². The van der Waals surface area contributed by atoms with Crippen LogP contribution in [0.5, 0.6) is 0 Å². The van der Waals surface area contributed by atoms with Crippen LogP contribution >= 0.6 is 23.2 Å². The maximum atomic E-state index is 9.22. The summed E-state index contributed by atoms with van der Waals surface area (Å²) in [4.78, 5) is 0. The maximum Gasteiger partial charge on any atom is 0.145 e. The third-order valence-corrected chi connectivity index (χ3v) is 3.56. The second-order valence-corrected chi connectivity index (χ2v) is 5.90. The van der Waals surface area contributed by atoms with Crippen molar-refractivity contribution in [1.82, 2.24) is 9.78 Å². The lowest BCUT2D eigenvalue weighted by Crippen LogP contribution is -2.03. The summed E-state index contributed by atoms with van der Waals surface area (Å²) in [6, 6.07) is 9.65. The molecule has 0 aliphatic carbocycles. The van der Waals surface area contributed by atoms with Gasteiger partial charge in [-0.1, -0.05) is 49.2 Å². The Kier molecular flexibility index (Phi) is 4.69. The van der Waals surface area contributed by atoms with Crippen LogP contribution in [0.1, 0.15) is 30.7 Å². The number of benzene rings is 1. The van der Waals surface area contributed by atoms with E-state index in [4.69, 9.17) is 23.2 Å². The number of aromatic nitrogens is 2. The molecule has 104 valence electrons. The number of hydrogen-bond acceptors (Lipinski definition) is 2. The molecule has 5 heteroatoms. The molecule has 3 nitrogen and oxygen atoms in total. The molecule has 0 bridgehead atoms. The molecule has 0 fully saturated rings. The van der Waals surface area contributed by atoms with Crippen LogP contribution in [0.2, 0.25) is 10.2 Å². The monoisotopic (exact) mass is 307 g/mol. The highest BCUT2D eigenvalue weighted by Crippen LogP contribution is 2.23. The molecule has 2 aromatic rings. The maximum absolute atomic E-state index is 9.22. The van der Waals surface area contributed by atoms with Gasteiger partial charge in [0.2, 0.25) is 0 Å². The summed E-state index contributed by atoms with van der Waals surface area (Å²) < 4.78 is 1.67. The van der Waals surface area contributed by atoms with Crippen LogP contribution in [-0.2, 0) is 13.0 Å². The molecule has 1 aromatic carbocycles. The lowest BCUT2D eigenvalue weighted by molar-refractivity contribution is 0.608. The van der Waals surface area contributed by atoms with Crippen LogP contribution < -0.4 is 0 Å². The average molecular weight is 308 g/mol. The predicted molar refractivity (Wildman–Crippen MR) is 81.0 cm³/mol. The van der Waals surface area contributed by atoms with Crippen molar-refractivity contribution in [1.29, 1.82) is 5.26 Å². The first-order chi connectivity index (χ1) is 9.51. The Morgan fingerprint density at radius 3 is 2.45 bits per heavy atom. The Morgan fingerprint density at radius 2 is 1.90 bits per heavy atom. The van der Waals surface area contributed by atoms with Crippen molar-refractivity contribution in [3.05, 3.63) is 51.3 Å². The number of nitrogens with zero attached hydrogens (tertiary/aromatic N) is 3. The minimum Gasteiger partial charge on any atom is -0.248 e. The van der Waals surface area contributed by atoms with E-state index >= 15 is 0 Å². The van der Waals surface area contributed by atoms with Crippen LogP contribution in [0.4, 0.5) is 0 Å². The second-order valence-electron chi connectivity index (χ2n) is 5.11. The first-order valence-corrected chi connectivity index (χ1v) is 7.16. The molecule has 1 heterocycles. The largest absolute Gasteiger partial charge is 0.248 e. The van der Waals surface area contributed by atoms with Gasteiger partial charge in [0, 0.05) is 5.02 Å². The Morgan fingerprint density at radius 1 is 1.25 bits per heavy atom. The Balaban J connectivity index is 2.30. The molecule has 0 saturated carbocycles. The Bertz CT molecular complexity index is 636. The van der Waals surface area contributed by atoms with Crippen LogP contribution in [0.15, 0.2) is 24.3 Å². The summed E-state index contributed by atoms with van der Waals surface area (Å²) in [5, 5.41) is 14.8. The van der Waals surface area contributed by atoms with Gasteiger partial charge >= 0.3 is 0 Å². The number of nitriles is 1. The van der Waals surface area contributed by atoms with E-state index < -0.39 is 0 Å². The molecule has 2 rings (SSSR count). The summed E-state index contributed by atoms with van der Waals surface area (Å²) in [5.74, 6) is 0.428. The van der Waals surface area contributed by atoms with Gasteiger partial charge in [-0.15, -0.1) is 0 Å². The zero-order valence-corrected chi connectivity index (χ0v) is 12.9. The molecule has 20 heavy (non-hydrogen) atoms. The first kappa shape index (κ1) is 14.9. The molecule has 0 amide bonds. The van der Waals surface area contributed by atoms with E-state index in [0.29, 0.717) is 28.2 Å². The summed E-state index contributed by atoms with van der Waals surface area (Å²) in [5.41, 5.74) is 2.29. The van der Waals surface area contributed by atoms with Crippen molar-refractivity contribution in [2.75, 3.05) is 0 Å². The lowest BCUT2D eigenvalue weighted by atomic mass is 10.1. The lowest BCUT2D eigenvalue weighted by Gasteiger charge is -2.04. The molecule has 0 atom stereocenters. The molecule has 0 radical (unpaired) electrons. The zero-order chi connectivity index (χ0) is 14.7. The Hall–Kier alpha value is -1.50. The average Bonchev–Trinajstić information content (AvgIpc) is 2.67. The van der Waals surface area contributed by atoms with Crippen molar-refractivity contribution in [3.63, 3.8) is 0 Å². The van der Waals surface area contributed by atoms with Gasteiger partial charge in [0.1, 0.15) is 16.8 Å². The number of hydrogen-bond donors (Lipinski definition) is 0. The van der Waals surface area contributed by atoms with Crippen LogP contribution in [-0.4, -0.2) is 9.78 Å². The summed E-state index contributed by atoms with van der Waals surface area (Å²) >= 11 is 12.1. The highest BCUT2D eigenvalue weighted by atomic mass is 35.5. The molecule has 0 aliphatic rings. The predicted octanol–water partition coefficient (Wildman–Crippen LogP) is 4.31. The highest BCUT2D eigenvalue weighted by Gasteiger charge is 2.17. The topological polar surface area (TPSA) is 41.6 Å². The van der Waals surface area contributed by atoms with Gasteiger partial charge in [0.15, 0.2) is 0 Å². The third kappa shape index (κ3) is 3.33. The van der Waals surface area contributed by atoms with Gasteiger partial charge in [-0.3, -0.25) is 0 Å². The standard InChI is InChI=1S/C15H15Cl2N3/c1-10(2)7-14-13(8-18)15(17)20(19-14)9-11-3-5-12(16)6-4-11/h3-6,10H,7,9H2,1-2H3. The fourth-order valence-corrected chi connectivity index (χ4v) is 2.37. The van der Waals surface area contributed by atoms with Crippen molar-refractivity contribution in [2.45, 2.75) is 26.8 Å². The van der Waals surface area contributed by atoms with Gasteiger partial charge in [0.05, 0.1) is 12.2 Å². The molecular formula is C15H15Cl2N3. The van der Waals surface area contributed by atoms with E-state index in [9.17, 15) is 5.26 Å². The molecule has 0 saturated heterocycles. The van der Waals surface area contributed by atoms with Crippen molar-refractivity contribution in [3.8, 4) is 6.07 Å². The van der Waals surface area contributed by atoms with Crippen LogP contribution in [0, 0.1) is 17.2 Å². The van der Waals surface area contributed by atoms with Gasteiger partial charge in [0.25, 0.3) is 0 Å². The van der Waals surface area contributed by atoms with E-state index in [0.717, 1.165) is 17.7 Å². The molecule has 0 unspecified atom stereocenters. The van der Waals surface area contributed by atoms with Gasteiger partial charge in [-0.05, 0) is 30.0 Å². The Labute approximate surface area is 128 Å². The third-order valence-electron chi connectivity index (χ3n) is 2.92. The smallest absolute Gasteiger partial charge is 0.145 e.